The van der Waals surface area contributed by atoms with Crippen LogP contribution in [-0.2, 0) is 32.8 Å². The number of halogens is 2. The summed E-state index contributed by atoms with van der Waals surface area (Å²) in [5, 5.41) is 14.6. The van der Waals surface area contributed by atoms with E-state index < -0.39 is 30.2 Å². The Labute approximate surface area is 299 Å². The van der Waals surface area contributed by atoms with Crippen molar-refractivity contribution in [3.05, 3.63) is 110 Å². The number of hydrogen-bond donors (Lipinski definition) is 2. The van der Waals surface area contributed by atoms with Crippen LogP contribution in [0.15, 0.2) is 73.1 Å². The van der Waals surface area contributed by atoms with Gasteiger partial charge in [-0.15, -0.1) is 11.3 Å². The molecule has 10 nitrogen and oxygen atoms in total. The predicted molar refractivity (Wildman–Crippen MR) is 189 cm³/mol. The van der Waals surface area contributed by atoms with Crippen LogP contribution in [0.25, 0.3) is 0 Å². The number of carbonyl (C=O) groups is 2. The van der Waals surface area contributed by atoms with Crippen LogP contribution in [0.2, 0.25) is 10.0 Å². The summed E-state index contributed by atoms with van der Waals surface area (Å²) in [4.78, 5) is 34.6. The van der Waals surface area contributed by atoms with E-state index in [2.05, 4.69) is 15.2 Å². The molecule has 0 spiro atoms. The zero-order chi connectivity index (χ0) is 35.0. The van der Waals surface area contributed by atoms with Crippen LogP contribution in [0.4, 0.5) is 0 Å². The molecule has 49 heavy (non-hydrogen) atoms. The summed E-state index contributed by atoms with van der Waals surface area (Å²) < 4.78 is 22.8. The Kier molecular flexibility index (Phi) is 12.5. The van der Waals surface area contributed by atoms with E-state index in [1.807, 2.05) is 13.1 Å². The third-order valence-corrected chi connectivity index (χ3v) is 10.3. The maximum absolute atomic E-state index is 13.6. The van der Waals surface area contributed by atoms with Gasteiger partial charge in [-0.1, -0.05) is 59.6 Å². The fourth-order valence-electron chi connectivity index (χ4n) is 5.81. The topological polar surface area (TPSA) is 119 Å². The number of thiophene rings is 1. The molecule has 3 atom stereocenters. The Morgan fingerprint density at radius 1 is 1.06 bits per heavy atom. The highest BCUT2D eigenvalue weighted by atomic mass is 35.5. The first kappa shape index (κ1) is 36.6. The van der Waals surface area contributed by atoms with E-state index in [4.69, 9.17) is 42.1 Å². The number of aliphatic hydroxyl groups excluding tert-OH is 1. The predicted octanol–water partition coefficient (Wildman–Crippen LogP) is 6.08. The van der Waals surface area contributed by atoms with Crippen molar-refractivity contribution in [3.63, 3.8) is 0 Å². The van der Waals surface area contributed by atoms with E-state index >= 15 is 0 Å². The summed E-state index contributed by atoms with van der Waals surface area (Å²) in [6.07, 6.45) is 3.30. The Morgan fingerprint density at radius 3 is 2.45 bits per heavy atom. The van der Waals surface area contributed by atoms with Crippen LogP contribution in [0, 0.1) is 5.92 Å². The van der Waals surface area contributed by atoms with Crippen molar-refractivity contribution in [1.29, 1.82) is 0 Å². The zero-order valence-electron chi connectivity index (χ0n) is 27.5. The van der Waals surface area contributed by atoms with Crippen LogP contribution in [0.5, 0.6) is 11.5 Å². The van der Waals surface area contributed by atoms with Crippen molar-refractivity contribution < 1.29 is 33.6 Å². The second kappa shape index (κ2) is 16.8. The van der Waals surface area contributed by atoms with Gasteiger partial charge in [0, 0.05) is 42.7 Å². The molecule has 1 unspecified atom stereocenters. The third kappa shape index (κ3) is 8.72. The van der Waals surface area contributed by atoms with Gasteiger partial charge in [0.1, 0.15) is 11.0 Å². The Hall–Kier alpha value is -3.71. The number of carbonyl (C=O) groups excluding carboxylic acids is 2. The van der Waals surface area contributed by atoms with Gasteiger partial charge in [-0.05, 0) is 61.0 Å². The van der Waals surface area contributed by atoms with Gasteiger partial charge < -0.3 is 29.0 Å². The number of nitrogens with zero attached hydrogens (tertiary/aromatic N) is 2. The molecule has 0 radical (unpaired) electrons. The highest BCUT2D eigenvalue weighted by Crippen LogP contribution is 2.36. The van der Waals surface area contributed by atoms with E-state index in [9.17, 15) is 14.7 Å². The van der Waals surface area contributed by atoms with E-state index in [1.165, 1.54) is 38.0 Å². The standard InChI is InChI=1S/C36H39Cl2N3O7S/c1-41-14-13-23(20-41)21-47-35(44)36(22-42,25-7-5-4-6-8-25)40-17-26-10-12-33(49-26)34(43)48-31(16-27-28(37)18-39-19-29(27)38)24-9-11-30(45-2)32(15-24)46-3/h4-12,15,18-19,23,31,40,42H,13-14,16-17,20-22H2,1-3H3/t23-,31+,36?/m1/s1. The van der Waals surface area contributed by atoms with E-state index in [1.54, 1.807) is 54.6 Å². The van der Waals surface area contributed by atoms with Crippen LogP contribution in [0.1, 0.15) is 43.8 Å². The first-order valence-corrected chi connectivity index (χ1v) is 17.3. The van der Waals surface area contributed by atoms with E-state index in [0.29, 0.717) is 43.1 Å². The quantitative estimate of drug-likeness (QED) is 0.140. The number of pyridine rings is 1. The molecular formula is C36H39Cl2N3O7S. The van der Waals surface area contributed by atoms with Gasteiger partial charge >= 0.3 is 11.9 Å². The highest BCUT2D eigenvalue weighted by molar-refractivity contribution is 7.13. The van der Waals surface area contributed by atoms with Crippen molar-refractivity contribution in [1.82, 2.24) is 15.2 Å². The van der Waals surface area contributed by atoms with Gasteiger partial charge in [0.15, 0.2) is 17.0 Å². The first-order valence-electron chi connectivity index (χ1n) is 15.7. The maximum atomic E-state index is 13.6. The number of nitrogens with one attached hydrogen (secondary N) is 1. The fraction of sp³-hybridized carbons (Fsp3) is 0.361. The molecule has 1 saturated heterocycles. The molecule has 2 N–H and O–H groups in total. The molecule has 0 amide bonds. The van der Waals surface area contributed by atoms with Gasteiger partial charge in [0.25, 0.3) is 0 Å². The monoisotopic (exact) mass is 727 g/mol. The molecule has 3 heterocycles. The van der Waals surface area contributed by atoms with E-state index in [-0.39, 0.29) is 25.5 Å². The lowest BCUT2D eigenvalue weighted by molar-refractivity contribution is -0.155. The lowest BCUT2D eigenvalue weighted by Gasteiger charge is -2.31. The Bertz CT molecular complexity index is 1720. The molecule has 0 aliphatic carbocycles. The number of likely N-dealkylation sites (tertiary alicyclic amines) is 1. The van der Waals surface area contributed by atoms with Crippen molar-refractivity contribution >= 4 is 46.5 Å². The number of ether oxygens (including phenoxy) is 4. The van der Waals surface area contributed by atoms with Gasteiger partial charge in [-0.2, -0.15) is 0 Å². The largest absolute Gasteiger partial charge is 0.493 e. The van der Waals surface area contributed by atoms with Gasteiger partial charge in [0.05, 0.1) is 37.5 Å². The summed E-state index contributed by atoms with van der Waals surface area (Å²) >= 11 is 14.1. The summed E-state index contributed by atoms with van der Waals surface area (Å²) in [5.74, 6) is 0.113. The Balaban J connectivity index is 1.34. The molecule has 1 aliphatic heterocycles. The number of rotatable bonds is 15. The van der Waals surface area contributed by atoms with Crippen LogP contribution < -0.4 is 14.8 Å². The average molecular weight is 729 g/mol. The number of aliphatic hydroxyl groups is 1. The SMILES string of the molecule is COc1ccc([C@H](Cc2c(Cl)cncc2Cl)OC(=O)c2ccc(CNC(CO)(C(=O)OC[C@@H]3CCN(C)C3)c3ccccc3)s2)cc1OC. The molecule has 0 saturated carbocycles. The summed E-state index contributed by atoms with van der Waals surface area (Å²) in [6.45, 7) is 1.73. The van der Waals surface area contributed by atoms with Crippen molar-refractivity contribution in [2.24, 2.45) is 5.92 Å². The normalized spacial score (nSPS) is 16.5. The Morgan fingerprint density at radius 2 is 1.80 bits per heavy atom. The van der Waals surface area contributed by atoms with Crippen molar-refractivity contribution in [3.8, 4) is 11.5 Å². The number of hydrogen-bond acceptors (Lipinski definition) is 11. The average Bonchev–Trinajstić information content (AvgIpc) is 3.78. The summed E-state index contributed by atoms with van der Waals surface area (Å²) in [6, 6.07) is 17.7. The van der Waals surface area contributed by atoms with Crippen molar-refractivity contribution in [2.75, 3.05) is 47.6 Å². The molecule has 1 aliphatic rings. The minimum absolute atomic E-state index is 0.177. The fourth-order valence-corrected chi connectivity index (χ4v) is 7.16. The molecular weight excluding hydrogens is 689 g/mol. The second-order valence-corrected chi connectivity index (χ2v) is 13.8. The van der Waals surface area contributed by atoms with Crippen LogP contribution in [-0.4, -0.2) is 74.5 Å². The molecule has 0 bridgehead atoms. The van der Waals surface area contributed by atoms with Gasteiger partial charge in [0.2, 0.25) is 0 Å². The van der Waals surface area contributed by atoms with Gasteiger partial charge in [-0.3, -0.25) is 10.3 Å². The minimum atomic E-state index is -1.50. The summed E-state index contributed by atoms with van der Waals surface area (Å²) in [5.41, 5.74) is 0.299. The minimum Gasteiger partial charge on any atom is -0.493 e. The molecule has 2 aromatic carbocycles. The van der Waals surface area contributed by atoms with Crippen LogP contribution in [0.3, 0.4) is 0 Å². The lowest BCUT2D eigenvalue weighted by Crippen LogP contribution is -2.53. The molecule has 13 heteroatoms. The number of benzene rings is 2. The molecule has 5 rings (SSSR count). The smallest absolute Gasteiger partial charge is 0.348 e. The highest BCUT2D eigenvalue weighted by Gasteiger charge is 2.42. The number of esters is 2. The first-order chi connectivity index (χ1) is 23.7. The molecule has 2 aromatic heterocycles. The molecule has 260 valence electrons. The second-order valence-electron chi connectivity index (χ2n) is 11.9. The lowest BCUT2D eigenvalue weighted by atomic mass is 9.90. The zero-order valence-corrected chi connectivity index (χ0v) is 29.8. The van der Waals surface area contributed by atoms with Crippen LogP contribution >= 0.6 is 34.5 Å². The molecule has 1 fully saturated rings. The molecule has 4 aromatic rings. The van der Waals surface area contributed by atoms with Gasteiger partial charge in [-0.25, -0.2) is 9.59 Å². The summed E-state index contributed by atoms with van der Waals surface area (Å²) in [7, 11) is 5.11. The van der Waals surface area contributed by atoms with E-state index in [0.717, 1.165) is 24.4 Å². The van der Waals surface area contributed by atoms with Crippen molar-refractivity contribution in [2.45, 2.75) is 31.0 Å². The maximum Gasteiger partial charge on any atom is 0.348 e. The number of aromatic nitrogens is 1. The third-order valence-electron chi connectivity index (χ3n) is 8.59. The number of methoxy groups -OCH3 is 2.